The van der Waals surface area contributed by atoms with Crippen LogP contribution in [0.3, 0.4) is 0 Å². The van der Waals surface area contributed by atoms with Gasteiger partial charge in [-0.2, -0.15) is 0 Å². The highest BCUT2D eigenvalue weighted by molar-refractivity contribution is 6.02. The molecule has 2 heteroatoms. The minimum atomic E-state index is -0.242. The van der Waals surface area contributed by atoms with Gasteiger partial charge in [0.15, 0.2) is 0 Å². The highest BCUT2D eigenvalue weighted by Gasteiger charge is 2.27. The zero-order chi connectivity index (χ0) is 13.2. The van der Waals surface area contributed by atoms with Crippen LogP contribution in [0.25, 0.3) is 11.6 Å². The molecule has 0 spiro atoms. The molecular weight excluding hydrogens is 236 g/mol. The Morgan fingerprint density at radius 2 is 1.58 bits per heavy atom. The molecule has 19 heavy (non-hydrogen) atoms. The number of hydrogen-bond donors (Lipinski definition) is 0. The topological polar surface area (TPSA) is 26.3 Å². The van der Waals surface area contributed by atoms with Crippen LogP contribution in [0.2, 0.25) is 0 Å². The molecule has 1 heterocycles. The summed E-state index contributed by atoms with van der Waals surface area (Å²) in [5.74, 6) is -0.242. The predicted molar refractivity (Wildman–Crippen MR) is 75.6 cm³/mol. The van der Waals surface area contributed by atoms with Gasteiger partial charge in [-0.15, -0.1) is 0 Å². The van der Waals surface area contributed by atoms with Crippen molar-refractivity contribution in [3.8, 4) is 0 Å². The van der Waals surface area contributed by atoms with E-state index >= 15 is 0 Å². The van der Waals surface area contributed by atoms with Crippen molar-refractivity contribution in [2.45, 2.75) is 13.0 Å². The van der Waals surface area contributed by atoms with E-state index in [2.05, 4.69) is 6.08 Å². The molecule has 0 fully saturated rings. The molecule has 0 amide bonds. The van der Waals surface area contributed by atoms with E-state index < -0.39 is 0 Å². The van der Waals surface area contributed by atoms with Crippen molar-refractivity contribution in [3.05, 3.63) is 71.3 Å². The maximum Gasteiger partial charge on any atom is 0.339 e. The van der Waals surface area contributed by atoms with Crippen molar-refractivity contribution in [1.82, 2.24) is 0 Å². The summed E-state index contributed by atoms with van der Waals surface area (Å²) >= 11 is 0. The summed E-state index contributed by atoms with van der Waals surface area (Å²) in [5, 5.41) is 0. The molecule has 2 aromatic carbocycles. The Morgan fingerprint density at radius 1 is 0.947 bits per heavy atom. The second-order valence-corrected chi connectivity index (χ2v) is 4.60. The van der Waals surface area contributed by atoms with E-state index in [1.54, 1.807) is 0 Å². The second kappa shape index (κ2) is 4.73. The Labute approximate surface area is 112 Å². The second-order valence-electron chi connectivity index (χ2n) is 4.60. The minimum Gasteiger partial charge on any atom is -0.454 e. The highest BCUT2D eigenvalue weighted by atomic mass is 16.5. The van der Waals surface area contributed by atoms with Crippen LogP contribution in [0, 0.1) is 0 Å². The Bertz CT molecular complexity index is 641. The Hall–Kier alpha value is -2.35. The molecular formula is C17H14O2. The van der Waals surface area contributed by atoms with Crippen LogP contribution in [-0.2, 0) is 4.74 Å². The van der Waals surface area contributed by atoms with Crippen LogP contribution < -0.4 is 0 Å². The van der Waals surface area contributed by atoms with Gasteiger partial charge in [-0.1, -0.05) is 48.5 Å². The molecule has 94 valence electrons. The predicted octanol–water partition coefficient (Wildman–Crippen LogP) is 3.79. The smallest absolute Gasteiger partial charge is 0.339 e. The van der Waals surface area contributed by atoms with Gasteiger partial charge in [0.2, 0.25) is 0 Å². The van der Waals surface area contributed by atoms with E-state index in [-0.39, 0.29) is 12.1 Å². The molecule has 1 aliphatic heterocycles. The van der Waals surface area contributed by atoms with Gasteiger partial charge in [0, 0.05) is 5.57 Å². The molecule has 0 aliphatic carbocycles. The van der Waals surface area contributed by atoms with Gasteiger partial charge in [0.05, 0.1) is 5.56 Å². The first-order valence-electron chi connectivity index (χ1n) is 6.33. The summed E-state index contributed by atoms with van der Waals surface area (Å²) in [4.78, 5) is 11.8. The molecule has 3 rings (SSSR count). The number of esters is 1. The normalized spacial score (nSPS) is 19.9. The summed E-state index contributed by atoms with van der Waals surface area (Å²) < 4.78 is 5.39. The molecule has 0 radical (unpaired) electrons. The van der Waals surface area contributed by atoms with E-state index in [1.807, 2.05) is 61.5 Å². The zero-order valence-electron chi connectivity index (χ0n) is 10.7. The third kappa shape index (κ3) is 2.17. The van der Waals surface area contributed by atoms with Gasteiger partial charge in [-0.25, -0.2) is 4.79 Å². The maximum atomic E-state index is 11.8. The monoisotopic (exact) mass is 250 g/mol. The van der Waals surface area contributed by atoms with Gasteiger partial charge in [-0.3, -0.25) is 0 Å². The lowest BCUT2D eigenvalue weighted by Gasteiger charge is -2.25. The quantitative estimate of drug-likeness (QED) is 0.720. The van der Waals surface area contributed by atoms with Crippen LogP contribution in [-0.4, -0.2) is 12.1 Å². The van der Waals surface area contributed by atoms with Gasteiger partial charge in [-0.05, 0) is 30.2 Å². The fourth-order valence-electron chi connectivity index (χ4n) is 2.34. The molecule has 0 N–H and O–H groups in total. The molecule has 0 aromatic heterocycles. The molecule has 0 bridgehead atoms. The Kier molecular flexibility index (Phi) is 2.92. The summed E-state index contributed by atoms with van der Waals surface area (Å²) in [5.41, 5.74) is 3.76. The minimum absolute atomic E-state index is 0.220. The van der Waals surface area contributed by atoms with Crippen LogP contribution in [0.5, 0.6) is 0 Å². The number of ether oxygens (including phenoxy) is 1. The number of carbonyl (C=O) groups excluding carboxylic acids is 1. The van der Waals surface area contributed by atoms with Crippen molar-refractivity contribution >= 4 is 17.6 Å². The van der Waals surface area contributed by atoms with Crippen LogP contribution in [0.1, 0.15) is 28.4 Å². The molecule has 0 saturated heterocycles. The number of cyclic esters (lactones) is 1. The standard InChI is InChI=1S/C17H14O2/c1-12-16(11-13-7-3-2-4-8-13)14-9-5-6-10-15(14)17(18)19-12/h2-12H,1H3/b16-11-. The first-order chi connectivity index (χ1) is 9.25. The van der Waals surface area contributed by atoms with Crippen molar-refractivity contribution in [2.24, 2.45) is 0 Å². The Balaban J connectivity index is 2.13. The fraction of sp³-hybridized carbons (Fsp3) is 0.118. The van der Waals surface area contributed by atoms with Crippen LogP contribution in [0.15, 0.2) is 54.6 Å². The highest BCUT2D eigenvalue weighted by Crippen LogP contribution is 2.31. The first-order valence-corrected chi connectivity index (χ1v) is 6.33. The molecule has 2 aromatic rings. The van der Waals surface area contributed by atoms with Crippen molar-refractivity contribution < 1.29 is 9.53 Å². The average Bonchev–Trinajstić information content (AvgIpc) is 2.45. The number of fused-ring (bicyclic) bond motifs is 1. The van der Waals surface area contributed by atoms with Crippen LogP contribution in [0.4, 0.5) is 0 Å². The lowest BCUT2D eigenvalue weighted by atomic mass is 9.92. The first kappa shape index (κ1) is 11.7. The SMILES string of the molecule is CC1OC(=O)c2ccccc2/C1=C\c1ccccc1. The van der Waals surface area contributed by atoms with Crippen molar-refractivity contribution in [1.29, 1.82) is 0 Å². The third-order valence-corrected chi connectivity index (χ3v) is 3.30. The van der Waals surface area contributed by atoms with Crippen molar-refractivity contribution in [2.75, 3.05) is 0 Å². The summed E-state index contributed by atoms with van der Waals surface area (Å²) in [6, 6.07) is 17.6. The van der Waals surface area contributed by atoms with Crippen molar-refractivity contribution in [3.63, 3.8) is 0 Å². The summed E-state index contributed by atoms with van der Waals surface area (Å²) in [7, 11) is 0. The number of carbonyl (C=O) groups is 1. The third-order valence-electron chi connectivity index (χ3n) is 3.30. The number of benzene rings is 2. The molecule has 2 nitrogen and oxygen atoms in total. The number of hydrogen-bond acceptors (Lipinski definition) is 2. The fourth-order valence-corrected chi connectivity index (χ4v) is 2.34. The van der Waals surface area contributed by atoms with E-state index in [0.29, 0.717) is 5.56 Å². The van der Waals surface area contributed by atoms with Gasteiger partial charge < -0.3 is 4.74 Å². The van der Waals surface area contributed by atoms with Gasteiger partial charge in [0.1, 0.15) is 6.10 Å². The van der Waals surface area contributed by atoms with Crippen LogP contribution >= 0.6 is 0 Å². The lowest BCUT2D eigenvalue weighted by molar-refractivity contribution is 0.0421. The lowest BCUT2D eigenvalue weighted by Crippen LogP contribution is -2.24. The van der Waals surface area contributed by atoms with Gasteiger partial charge in [0.25, 0.3) is 0 Å². The largest absolute Gasteiger partial charge is 0.454 e. The van der Waals surface area contributed by atoms with E-state index in [0.717, 1.165) is 16.7 Å². The maximum absolute atomic E-state index is 11.8. The van der Waals surface area contributed by atoms with E-state index in [9.17, 15) is 4.79 Å². The molecule has 1 aliphatic rings. The number of rotatable bonds is 1. The van der Waals surface area contributed by atoms with E-state index in [1.165, 1.54) is 0 Å². The molecule has 1 atom stereocenters. The Morgan fingerprint density at radius 3 is 2.32 bits per heavy atom. The average molecular weight is 250 g/mol. The zero-order valence-corrected chi connectivity index (χ0v) is 10.7. The molecule has 1 unspecified atom stereocenters. The van der Waals surface area contributed by atoms with E-state index in [4.69, 9.17) is 4.74 Å². The summed E-state index contributed by atoms with van der Waals surface area (Å²) in [6.07, 6.45) is 1.86. The summed E-state index contributed by atoms with van der Waals surface area (Å²) in [6.45, 7) is 1.91. The van der Waals surface area contributed by atoms with Gasteiger partial charge >= 0.3 is 5.97 Å². The molecule has 0 saturated carbocycles.